The van der Waals surface area contributed by atoms with Crippen LogP contribution in [0.25, 0.3) is 0 Å². The fourth-order valence-electron chi connectivity index (χ4n) is 0.910. The summed E-state index contributed by atoms with van der Waals surface area (Å²) in [6.45, 7) is 6.43. The Morgan fingerprint density at radius 3 is 2.30 bits per heavy atom. The van der Waals surface area contributed by atoms with Gasteiger partial charge in [0.15, 0.2) is 3.92 Å². The fourth-order valence-corrected chi connectivity index (χ4v) is 2.49. The van der Waals surface area contributed by atoms with E-state index in [0.29, 0.717) is 5.92 Å². The van der Waals surface area contributed by atoms with E-state index in [1.54, 1.807) is 11.3 Å². The zero-order valence-corrected chi connectivity index (χ0v) is 8.71. The van der Waals surface area contributed by atoms with E-state index in [0.717, 1.165) is 9.61 Å². The fraction of sp³-hybridized carbons (Fsp3) is 0.571. The van der Waals surface area contributed by atoms with Gasteiger partial charge in [0.1, 0.15) is 0 Å². The Balaban J connectivity index is 3.03. The molecular formula is C7H10BrNS. The summed E-state index contributed by atoms with van der Waals surface area (Å²) in [6, 6.07) is 0. The molecule has 0 spiro atoms. The normalized spacial score (nSPS) is 10.9. The van der Waals surface area contributed by atoms with Crippen LogP contribution in [-0.2, 0) is 0 Å². The van der Waals surface area contributed by atoms with Crippen molar-refractivity contribution in [1.29, 1.82) is 0 Å². The van der Waals surface area contributed by atoms with Gasteiger partial charge in [-0.3, -0.25) is 0 Å². The molecule has 1 rings (SSSR count). The molecule has 10 heavy (non-hydrogen) atoms. The summed E-state index contributed by atoms with van der Waals surface area (Å²) in [5.41, 5.74) is 1.16. The maximum absolute atomic E-state index is 4.27. The lowest BCUT2D eigenvalue weighted by Crippen LogP contribution is -1.84. The predicted octanol–water partition coefficient (Wildman–Crippen LogP) is 3.34. The minimum atomic E-state index is 0.601. The molecule has 0 radical (unpaired) electrons. The number of nitrogens with zero attached hydrogens (tertiary/aromatic N) is 1. The second-order valence-corrected chi connectivity index (χ2v) is 4.88. The van der Waals surface area contributed by atoms with E-state index in [9.17, 15) is 0 Å². The highest BCUT2D eigenvalue weighted by molar-refractivity contribution is 9.11. The zero-order valence-electron chi connectivity index (χ0n) is 6.31. The van der Waals surface area contributed by atoms with Crippen LogP contribution in [0.5, 0.6) is 0 Å². The third kappa shape index (κ3) is 1.58. The van der Waals surface area contributed by atoms with Crippen LogP contribution in [0.3, 0.4) is 0 Å². The molecule has 0 N–H and O–H groups in total. The molecule has 0 bridgehead atoms. The van der Waals surface area contributed by atoms with Crippen molar-refractivity contribution in [1.82, 2.24) is 4.98 Å². The lowest BCUT2D eigenvalue weighted by Gasteiger charge is -1.98. The van der Waals surface area contributed by atoms with Gasteiger partial charge >= 0.3 is 0 Å². The average Bonchev–Trinajstić information content (AvgIpc) is 2.10. The van der Waals surface area contributed by atoms with Gasteiger partial charge in [-0.2, -0.15) is 0 Å². The van der Waals surface area contributed by atoms with Crippen molar-refractivity contribution in [2.24, 2.45) is 0 Å². The molecule has 0 fully saturated rings. The van der Waals surface area contributed by atoms with Gasteiger partial charge in [0.05, 0.1) is 5.69 Å². The Hall–Kier alpha value is 0.110. The number of thiazole rings is 1. The maximum Gasteiger partial charge on any atom is 0.159 e. The van der Waals surface area contributed by atoms with Crippen LogP contribution in [0.15, 0.2) is 3.92 Å². The Kier molecular flexibility index (Phi) is 2.47. The van der Waals surface area contributed by atoms with Gasteiger partial charge in [-0.25, -0.2) is 4.98 Å². The quantitative estimate of drug-likeness (QED) is 0.707. The van der Waals surface area contributed by atoms with E-state index in [-0.39, 0.29) is 0 Å². The molecule has 0 unspecified atom stereocenters. The molecular weight excluding hydrogens is 210 g/mol. The van der Waals surface area contributed by atoms with Crippen molar-refractivity contribution in [3.05, 3.63) is 14.5 Å². The minimum absolute atomic E-state index is 0.601. The highest BCUT2D eigenvalue weighted by Crippen LogP contribution is 2.28. The van der Waals surface area contributed by atoms with Gasteiger partial charge in [-0.1, -0.05) is 13.8 Å². The van der Waals surface area contributed by atoms with Crippen molar-refractivity contribution < 1.29 is 0 Å². The number of rotatable bonds is 1. The summed E-state index contributed by atoms with van der Waals surface area (Å²) < 4.78 is 0.994. The molecule has 0 aliphatic heterocycles. The topological polar surface area (TPSA) is 12.9 Å². The number of hydrogen-bond acceptors (Lipinski definition) is 2. The first-order chi connectivity index (χ1) is 4.61. The second-order valence-electron chi connectivity index (χ2n) is 2.57. The number of hydrogen-bond donors (Lipinski definition) is 0. The van der Waals surface area contributed by atoms with Crippen LogP contribution in [0.2, 0.25) is 0 Å². The van der Waals surface area contributed by atoms with Crippen molar-refractivity contribution in [3.63, 3.8) is 0 Å². The molecule has 1 nitrogen and oxygen atoms in total. The third-order valence-corrected chi connectivity index (χ3v) is 3.24. The van der Waals surface area contributed by atoms with Crippen LogP contribution in [-0.4, -0.2) is 4.98 Å². The molecule has 1 aromatic rings. The predicted molar refractivity (Wildman–Crippen MR) is 48.6 cm³/mol. The molecule has 0 aliphatic carbocycles. The summed E-state index contributed by atoms with van der Waals surface area (Å²) >= 11 is 5.09. The molecule has 3 heteroatoms. The molecule has 0 aromatic carbocycles. The van der Waals surface area contributed by atoms with E-state index in [1.807, 2.05) is 0 Å². The smallest absolute Gasteiger partial charge is 0.159 e. The molecule has 0 atom stereocenters. The molecule has 1 heterocycles. The molecule has 1 aromatic heterocycles. The van der Waals surface area contributed by atoms with Gasteiger partial charge in [-0.05, 0) is 28.8 Å². The first-order valence-corrected chi connectivity index (χ1v) is 4.85. The van der Waals surface area contributed by atoms with Crippen LogP contribution in [0.1, 0.15) is 30.3 Å². The van der Waals surface area contributed by atoms with Gasteiger partial charge in [0, 0.05) is 4.88 Å². The van der Waals surface area contributed by atoms with Crippen molar-refractivity contribution in [2.45, 2.75) is 26.7 Å². The lowest BCUT2D eigenvalue weighted by molar-refractivity contribution is 0.873. The van der Waals surface area contributed by atoms with E-state index >= 15 is 0 Å². The first kappa shape index (κ1) is 8.21. The second kappa shape index (κ2) is 3.01. The average molecular weight is 220 g/mol. The summed E-state index contributed by atoms with van der Waals surface area (Å²) in [5.74, 6) is 0.601. The SMILES string of the molecule is Cc1nc(Br)sc1C(C)C. The van der Waals surface area contributed by atoms with Crippen LogP contribution < -0.4 is 0 Å². The standard InChI is InChI=1S/C7H10BrNS/c1-4(2)6-5(3)9-7(8)10-6/h4H,1-3H3. The summed E-state index contributed by atoms with van der Waals surface area (Å²) in [6.07, 6.45) is 0. The van der Waals surface area contributed by atoms with E-state index in [2.05, 4.69) is 41.7 Å². The first-order valence-electron chi connectivity index (χ1n) is 3.24. The molecule has 0 aliphatic rings. The van der Waals surface area contributed by atoms with E-state index in [1.165, 1.54) is 4.88 Å². The Labute approximate surface area is 73.6 Å². The number of aryl methyl sites for hydroxylation is 1. The summed E-state index contributed by atoms with van der Waals surface area (Å²) in [5, 5.41) is 0. The minimum Gasteiger partial charge on any atom is -0.234 e. The number of halogens is 1. The van der Waals surface area contributed by atoms with Crippen LogP contribution in [0.4, 0.5) is 0 Å². The highest BCUT2D eigenvalue weighted by Gasteiger charge is 2.07. The monoisotopic (exact) mass is 219 g/mol. The van der Waals surface area contributed by atoms with Crippen molar-refractivity contribution in [3.8, 4) is 0 Å². The molecule has 56 valence electrons. The molecule has 0 saturated carbocycles. The largest absolute Gasteiger partial charge is 0.234 e. The zero-order chi connectivity index (χ0) is 7.72. The van der Waals surface area contributed by atoms with E-state index < -0.39 is 0 Å². The van der Waals surface area contributed by atoms with Crippen LogP contribution >= 0.6 is 27.3 Å². The van der Waals surface area contributed by atoms with Gasteiger partial charge in [0.25, 0.3) is 0 Å². The Bertz CT molecular complexity index is 230. The van der Waals surface area contributed by atoms with E-state index in [4.69, 9.17) is 0 Å². The Morgan fingerprint density at radius 1 is 1.50 bits per heavy atom. The highest BCUT2D eigenvalue weighted by atomic mass is 79.9. The molecule has 0 amide bonds. The summed E-state index contributed by atoms with van der Waals surface area (Å²) in [4.78, 5) is 5.65. The van der Waals surface area contributed by atoms with Gasteiger partial charge < -0.3 is 0 Å². The lowest BCUT2D eigenvalue weighted by atomic mass is 10.1. The molecule has 0 saturated heterocycles. The van der Waals surface area contributed by atoms with Crippen molar-refractivity contribution in [2.75, 3.05) is 0 Å². The van der Waals surface area contributed by atoms with Crippen molar-refractivity contribution >= 4 is 27.3 Å². The maximum atomic E-state index is 4.27. The summed E-state index contributed by atoms with van der Waals surface area (Å²) in [7, 11) is 0. The van der Waals surface area contributed by atoms with Gasteiger partial charge in [0.2, 0.25) is 0 Å². The Morgan fingerprint density at radius 2 is 2.10 bits per heavy atom. The van der Waals surface area contributed by atoms with Crippen LogP contribution in [0, 0.1) is 6.92 Å². The van der Waals surface area contributed by atoms with Gasteiger partial charge in [-0.15, -0.1) is 11.3 Å². The third-order valence-electron chi connectivity index (χ3n) is 1.33. The number of aromatic nitrogens is 1.